The Hall–Kier alpha value is -2.49. The monoisotopic (exact) mass is 310 g/mol. The molecule has 0 saturated heterocycles. The number of nitrogens with zero attached hydrogens (tertiary/aromatic N) is 2. The van der Waals surface area contributed by atoms with Gasteiger partial charge in [0, 0.05) is 36.2 Å². The van der Waals surface area contributed by atoms with Gasteiger partial charge in [0.25, 0.3) is 0 Å². The largest absolute Gasteiger partial charge is 0.441 e. The number of hydrogen-bond acceptors (Lipinski definition) is 3. The number of halogens is 1. The average Bonchev–Trinajstić information content (AvgIpc) is 2.96. The number of benzene rings is 1. The fourth-order valence-corrected chi connectivity index (χ4v) is 2.99. The molecule has 0 radical (unpaired) electrons. The summed E-state index contributed by atoms with van der Waals surface area (Å²) >= 11 is 0. The molecule has 1 aromatic carbocycles. The topological polar surface area (TPSA) is 38.4 Å². The molecule has 1 atom stereocenters. The van der Waals surface area contributed by atoms with Gasteiger partial charge in [0.2, 0.25) is 5.89 Å². The number of rotatable bonds is 4. The molecule has 1 aliphatic carbocycles. The summed E-state index contributed by atoms with van der Waals surface area (Å²) in [7, 11) is 0. The van der Waals surface area contributed by atoms with Crippen LogP contribution in [0.25, 0.3) is 11.5 Å². The maximum Gasteiger partial charge on any atom is 0.226 e. The van der Waals surface area contributed by atoms with E-state index in [-0.39, 0.29) is 11.7 Å². The molecule has 0 amide bonds. The summed E-state index contributed by atoms with van der Waals surface area (Å²) < 4.78 is 18.9. The third kappa shape index (κ3) is 3.16. The molecule has 3 rings (SSSR count). The lowest BCUT2D eigenvalue weighted by atomic mass is 9.84. The zero-order valence-corrected chi connectivity index (χ0v) is 13.2. The number of fused-ring (bicyclic) bond motifs is 1. The van der Waals surface area contributed by atoms with Crippen LogP contribution in [0.15, 0.2) is 58.6 Å². The molecule has 1 aliphatic rings. The molecule has 0 aliphatic heterocycles. The van der Waals surface area contributed by atoms with Crippen LogP contribution >= 0.6 is 0 Å². The van der Waals surface area contributed by atoms with Crippen molar-refractivity contribution in [2.24, 2.45) is 10.9 Å². The molecule has 0 saturated carbocycles. The van der Waals surface area contributed by atoms with Crippen molar-refractivity contribution in [2.45, 2.75) is 26.2 Å². The number of oxazole rings is 1. The minimum atomic E-state index is -0.267. The van der Waals surface area contributed by atoms with Crippen LogP contribution in [0.2, 0.25) is 0 Å². The summed E-state index contributed by atoms with van der Waals surface area (Å²) in [6.45, 7) is 9.65. The molecule has 0 fully saturated rings. The number of aliphatic imine (C=N–C) groups is 1. The lowest BCUT2D eigenvalue weighted by molar-refractivity contribution is 0.463. The summed E-state index contributed by atoms with van der Waals surface area (Å²) in [5.41, 5.74) is 3.69. The molecule has 1 heterocycles. The van der Waals surface area contributed by atoms with E-state index < -0.39 is 0 Å². The van der Waals surface area contributed by atoms with Crippen molar-refractivity contribution < 1.29 is 8.81 Å². The smallest absolute Gasteiger partial charge is 0.226 e. The molecule has 3 nitrogen and oxygen atoms in total. The molecular formula is C19H19FN2O. The van der Waals surface area contributed by atoms with Gasteiger partial charge in [0.1, 0.15) is 11.6 Å². The summed E-state index contributed by atoms with van der Waals surface area (Å²) in [6.07, 6.45) is 4.11. The molecule has 0 spiro atoms. The van der Waals surface area contributed by atoms with E-state index in [0.29, 0.717) is 5.89 Å². The van der Waals surface area contributed by atoms with E-state index in [2.05, 4.69) is 23.1 Å². The van der Waals surface area contributed by atoms with Crippen LogP contribution in [-0.2, 0) is 12.8 Å². The highest BCUT2D eigenvalue weighted by molar-refractivity contribution is 6.01. The second kappa shape index (κ2) is 6.32. The van der Waals surface area contributed by atoms with Crippen molar-refractivity contribution in [3.05, 3.63) is 66.5 Å². The minimum absolute atomic E-state index is 0.267. The first-order chi connectivity index (χ1) is 11.1. The fraction of sp³-hybridized carbons (Fsp3) is 0.263. The fourth-order valence-electron chi connectivity index (χ4n) is 2.99. The predicted octanol–water partition coefficient (Wildman–Crippen LogP) is 4.75. The summed E-state index contributed by atoms with van der Waals surface area (Å²) in [4.78, 5) is 8.98. The van der Waals surface area contributed by atoms with Crippen molar-refractivity contribution in [2.75, 3.05) is 0 Å². The van der Waals surface area contributed by atoms with E-state index in [1.54, 1.807) is 18.3 Å². The average molecular weight is 310 g/mol. The van der Waals surface area contributed by atoms with E-state index in [0.717, 1.165) is 47.6 Å². The first-order valence-electron chi connectivity index (χ1n) is 7.67. The second-order valence-electron chi connectivity index (χ2n) is 5.81. The van der Waals surface area contributed by atoms with Crippen molar-refractivity contribution in [1.29, 1.82) is 0 Å². The molecule has 0 bridgehead atoms. The molecule has 23 heavy (non-hydrogen) atoms. The summed E-state index contributed by atoms with van der Waals surface area (Å²) in [5.74, 6) is 1.48. The Labute approximate surface area is 135 Å². The van der Waals surface area contributed by atoms with Gasteiger partial charge in [-0.15, -0.1) is 0 Å². The molecular weight excluding hydrogens is 291 g/mol. The number of aryl methyl sites for hydroxylation is 1. The highest BCUT2D eigenvalue weighted by Gasteiger charge is 2.27. The van der Waals surface area contributed by atoms with Gasteiger partial charge in [0.05, 0.1) is 5.69 Å². The quantitative estimate of drug-likeness (QED) is 0.765. The second-order valence-corrected chi connectivity index (χ2v) is 5.81. The standard InChI is InChI=1S/C19H19FN2O/c1-4-21-18(12(2)3)14-7-10-17-16(11-14)22-19(23-17)13-5-8-15(20)9-6-13/h4-6,8-9,14H,1-2,7,10-11H2,3H3. The van der Waals surface area contributed by atoms with Crippen LogP contribution in [0.3, 0.4) is 0 Å². The highest BCUT2D eigenvalue weighted by atomic mass is 19.1. The predicted molar refractivity (Wildman–Crippen MR) is 89.9 cm³/mol. The third-order valence-corrected chi connectivity index (χ3v) is 4.08. The van der Waals surface area contributed by atoms with Gasteiger partial charge in [0.15, 0.2) is 0 Å². The van der Waals surface area contributed by atoms with E-state index >= 15 is 0 Å². The van der Waals surface area contributed by atoms with E-state index in [1.807, 2.05) is 6.92 Å². The van der Waals surface area contributed by atoms with E-state index in [4.69, 9.17) is 4.42 Å². The Bertz CT molecular complexity index is 771. The SMILES string of the molecule is C=CN=C(C(=C)C)C1CCc2oc(-c3ccc(F)cc3)nc2C1. The molecule has 1 aromatic heterocycles. The lowest BCUT2D eigenvalue weighted by Crippen LogP contribution is -2.23. The Morgan fingerprint density at radius 2 is 2.13 bits per heavy atom. The van der Waals surface area contributed by atoms with E-state index in [1.165, 1.54) is 12.1 Å². The van der Waals surface area contributed by atoms with Gasteiger partial charge in [-0.1, -0.05) is 13.2 Å². The molecule has 0 N–H and O–H groups in total. The first-order valence-corrected chi connectivity index (χ1v) is 7.67. The normalized spacial score (nSPS) is 17.7. The van der Waals surface area contributed by atoms with Crippen LogP contribution in [0.5, 0.6) is 0 Å². The van der Waals surface area contributed by atoms with Gasteiger partial charge in [-0.2, -0.15) is 0 Å². The van der Waals surface area contributed by atoms with E-state index in [9.17, 15) is 4.39 Å². The minimum Gasteiger partial charge on any atom is -0.441 e. The Kier molecular flexibility index (Phi) is 4.24. The van der Waals surface area contributed by atoms with Crippen molar-refractivity contribution in [1.82, 2.24) is 4.98 Å². The number of aromatic nitrogens is 1. The molecule has 118 valence electrons. The maximum absolute atomic E-state index is 13.0. The number of allylic oxidation sites excluding steroid dienone is 1. The Morgan fingerprint density at radius 1 is 1.39 bits per heavy atom. The van der Waals surface area contributed by atoms with Crippen LogP contribution in [0.4, 0.5) is 4.39 Å². The highest BCUT2D eigenvalue weighted by Crippen LogP contribution is 2.31. The van der Waals surface area contributed by atoms with Gasteiger partial charge in [-0.05, 0) is 43.2 Å². The Morgan fingerprint density at radius 3 is 2.78 bits per heavy atom. The zero-order chi connectivity index (χ0) is 16.4. The van der Waals surface area contributed by atoms with Gasteiger partial charge < -0.3 is 4.42 Å². The summed E-state index contributed by atoms with van der Waals surface area (Å²) in [6, 6.07) is 6.19. The van der Waals surface area contributed by atoms with Crippen molar-refractivity contribution >= 4 is 5.71 Å². The zero-order valence-electron chi connectivity index (χ0n) is 13.2. The van der Waals surface area contributed by atoms with Crippen molar-refractivity contribution in [3.8, 4) is 11.5 Å². The lowest BCUT2D eigenvalue weighted by Gasteiger charge is -2.22. The first kappa shape index (κ1) is 15.4. The molecule has 4 heteroatoms. The molecule has 2 aromatic rings. The Balaban J connectivity index is 1.87. The van der Waals surface area contributed by atoms with Crippen LogP contribution < -0.4 is 0 Å². The maximum atomic E-state index is 13.0. The van der Waals surface area contributed by atoms with Crippen LogP contribution in [0.1, 0.15) is 24.8 Å². The van der Waals surface area contributed by atoms with Gasteiger partial charge >= 0.3 is 0 Å². The van der Waals surface area contributed by atoms with Gasteiger partial charge in [-0.3, -0.25) is 4.99 Å². The molecule has 1 unspecified atom stereocenters. The van der Waals surface area contributed by atoms with Gasteiger partial charge in [-0.25, -0.2) is 9.37 Å². The summed E-state index contributed by atoms with van der Waals surface area (Å²) in [5, 5.41) is 0. The van der Waals surface area contributed by atoms with Crippen LogP contribution in [0, 0.1) is 11.7 Å². The third-order valence-electron chi connectivity index (χ3n) is 4.08. The number of hydrogen-bond donors (Lipinski definition) is 0. The van der Waals surface area contributed by atoms with Crippen molar-refractivity contribution in [3.63, 3.8) is 0 Å². The van der Waals surface area contributed by atoms with Crippen LogP contribution in [-0.4, -0.2) is 10.7 Å².